The largest absolute Gasteiger partial charge is 0.573 e. The van der Waals surface area contributed by atoms with Gasteiger partial charge in [0.15, 0.2) is 11.5 Å². The van der Waals surface area contributed by atoms with Crippen LogP contribution in [0.5, 0.6) is 11.5 Å². The van der Waals surface area contributed by atoms with Crippen LogP contribution in [0, 0.1) is 3.70 Å². The predicted octanol–water partition coefficient (Wildman–Crippen LogP) is 2.70. The van der Waals surface area contributed by atoms with Crippen LogP contribution in [-0.4, -0.2) is 31.0 Å². The van der Waals surface area contributed by atoms with E-state index in [4.69, 9.17) is 9.47 Å². The second-order valence-corrected chi connectivity index (χ2v) is 4.49. The molecule has 0 fully saturated rings. The summed E-state index contributed by atoms with van der Waals surface area (Å²) in [6, 6.07) is 1.01. The minimum Gasteiger partial charge on any atom is -0.490 e. The molecule has 0 spiro atoms. The SMILES string of the molecule is CCOC(=O)Cc1cc(OC(F)(F)F)c(OC)c(I)n1. The summed E-state index contributed by atoms with van der Waals surface area (Å²) in [5, 5.41) is 0. The van der Waals surface area contributed by atoms with Gasteiger partial charge in [0, 0.05) is 6.07 Å². The molecule has 5 nitrogen and oxygen atoms in total. The molecule has 112 valence electrons. The zero-order chi connectivity index (χ0) is 15.3. The summed E-state index contributed by atoms with van der Waals surface area (Å²) >= 11 is 1.70. The number of nitrogens with zero attached hydrogens (tertiary/aromatic N) is 1. The summed E-state index contributed by atoms with van der Waals surface area (Å²) in [7, 11) is 1.20. The number of esters is 1. The molecule has 1 heterocycles. The average Bonchev–Trinajstić information content (AvgIpc) is 2.26. The van der Waals surface area contributed by atoms with Crippen LogP contribution in [-0.2, 0) is 16.0 Å². The van der Waals surface area contributed by atoms with E-state index in [2.05, 4.69) is 9.72 Å². The van der Waals surface area contributed by atoms with Crippen molar-refractivity contribution in [3.63, 3.8) is 0 Å². The Kier molecular flexibility index (Phi) is 5.84. The quantitative estimate of drug-likeness (QED) is 0.429. The number of carbonyl (C=O) groups is 1. The number of pyridine rings is 1. The highest BCUT2D eigenvalue weighted by molar-refractivity contribution is 14.1. The second kappa shape index (κ2) is 6.95. The number of aromatic nitrogens is 1. The Morgan fingerprint density at radius 2 is 2.10 bits per heavy atom. The molecule has 0 aliphatic rings. The Labute approximate surface area is 126 Å². The van der Waals surface area contributed by atoms with Gasteiger partial charge >= 0.3 is 12.3 Å². The zero-order valence-corrected chi connectivity index (χ0v) is 12.7. The number of alkyl halides is 3. The first-order chi connectivity index (χ1) is 9.26. The number of hydrogen-bond acceptors (Lipinski definition) is 5. The van der Waals surface area contributed by atoms with E-state index in [9.17, 15) is 18.0 Å². The lowest BCUT2D eigenvalue weighted by Crippen LogP contribution is -2.19. The van der Waals surface area contributed by atoms with Gasteiger partial charge in [-0.05, 0) is 29.5 Å². The Morgan fingerprint density at radius 3 is 2.60 bits per heavy atom. The van der Waals surface area contributed by atoms with Gasteiger partial charge in [-0.15, -0.1) is 13.2 Å². The summed E-state index contributed by atoms with van der Waals surface area (Å²) in [5.41, 5.74) is 0.105. The highest BCUT2D eigenvalue weighted by atomic mass is 127. The molecule has 1 rings (SSSR count). The smallest absolute Gasteiger partial charge is 0.490 e. The van der Waals surface area contributed by atoms with Crippen LogP contribution < -0.4 is 9.47 Å². The first kappa shape index (κ1) is 16.8. The molecule has 0 radical (unpaired) electrons. The monoisotopic (exact) mass is 405 g/mol. The molecular weight excluding hydrogens is 394 g/mol. The molecule has 0 amide bonds. The molecule has 1 aromatic heterocycles. The van der Waals surface area contributed by atoms with Crippen molar-refractivity contribution in [1.29, 1.82) is 0 Å². The summed E-state index contributed by atoms with van der Waals surface area (Å²) in [6.45, 7) is 1.80. The van der Waals surface area contributed by atoms with Crippen molar-refractivity contribution < 1.29 is 32.2 Å². The van der Waals surface area contributed by atoms with Gasteiger partial charge in [0.05, 0.1) is 25.8 Å². The Hall–Kier alpha value is -1.26. The van der Waals surface area contributed by atoms with Gasteiger partial charge in [-0.2, -0.15) is 0 Å². The fourth-order valence-corrected chi connectivity index (χ4v) is 2.16. The predicted molar refractivity (Wildman–Crippen MR) is 70.5 cm³/mol. The molecule has 0 aliphatic carbocycles. The zero-order valence-electron chi connectivity index (χ0n) is 10.6. The minimum atomic E-state index is -4.86. The van der Waals surface area contributed by atoms with Crippen molar-refractivity contribution >= 4 is 28.6 Å². The van der Waals surface area contributed by atoms with Crippen LogP contribution in [0.1, 0.15) is 12.6 Å². The molecule has 20 heavy (non-hydrogen) atoms. The van der Waals surface area contributed by atoms with Gasteiger partial charge in [0.1, 0.15) is 3.70 Å². The maximum atomic E-state index is 12.3. The second-order valence-electron chi connectivity index (χ2n) is 3.47. The van der Waals surface area contributed by atoms with Crippen LogP contribution in [0.15, 0.2) is 6.07 Å². The van der Waals surface area contributed by atoms with Crippen LogP contribution in [0.25, 0.3) is 0 Å². The van der Waals surface area contributed by atoms with Crippen LogP contribution >= 0.6 is 22.6 Å². The fourth-order valence-electron chi connectivity index (χ4n) is 1.36. The van der Waals surface area contributed by atoms with Gasteiger partial charge in [-0.1, -0.05) is 0 Å². The summed E-state index contributed by atoms with van der Waals surface area (Å²) < 4.78 is 50.5. The normalized spacial score (nSPS) is 11.1. The van der Waals surface area contributed by atoms with Gasteiger partial charge < -0.3 is 14.2 Å². The van der Waals surface area contributed by atoms with E-state index < -0.39 is 18.1 Å². The van der Waals surface area contributed by atoms with Crippen molar-refractivity contribution in [3.05, 3.63) is 15.5 Å². The number of rotatable bonds is 5. The van der Waals surface area contributed by atoms with E-state index in [0.717, 1.165) is 6.07 Å². The maximum absolute atomic E-state index is 12.3. The lowest BCUT2D eigenvalue weighted by Gasteiger charge is -2.14. The fraction of sp³-hybridized carbons (Fsp3) is 0.455. The lowest BCUT2D eigenvalue weighted by molar-refractivity contribution is -0.275. The molecule has 0 bridgehead atoms. The molecule has 0 N–H and O–H groups in total. The van der Waals surface area contributed by atoms with Crippen molar-refractivity contribution in [2.45, 2.75) is 19.7 Å². The molecule has 0 unspecified atom stereocenters. The first-order valence-corrected chi connectivity index (χ1v) is 6.49. The van der Waals surface area contributed by atoms with E-state index >= 15 is 0 Å². The van der Waals surface area contributed by atoms with E-state index in [1.165, 1.54) is 7.11 Å². The molecular formula is C11H11F3INO4. The molecule has 0 aliphatic heterocycles. The Morgan fingerprint density at radius 1 is 1.45 bits per heavy atom. The minimum absolute atomic E-state index is 0.105. The van der Waals surface area contributed by atoms with Gasteiger partial charge in [0.25, 0.3) is 0 Å². The standard InChI is InChI=1S/C11H11F3INO4/c1-3-19-8(17)5-6-4-7(20-11(12,13)14)9(18-2)10(15)16-6/h4H,3,5H2,1-2H3. The molecule has 9 heteroatoms. The topological polar surface area (TPSA) is 57.7 Å². The number of ether oxygens (including phenoxy) is 3. The first-order valence-electron chi connectivity index (χ1n) is 5.41. The van der Waals surface area contributed by atoms with E-state index in [0.29, 0.717) is 0 Å². The Balaban J connectivity index is 3.07. The number of methoxy groups -OCH3 is 1. The van der Waals surface area contributed by atoms with Gasteiger partial charge in [-0.25, -0.2) is 4.98 Å². The average molecular weight is 405 g/mol. The van der Waals surface area contributed by atoms with Crippen LogP contribution in [0.3, 0.4) is 0 Å². The van der Waals surface area contributed by atoms with Gasteiger partial charge in [0.2, 0.25) is 0 Å². The molecule has 0 atom stereocenters. The summed E-state index contributed by atoms with van der Waals surface area (Å²) in [6.07, 6.45) is -5.11. The summed E-state index contributed by atoms with van der Waals surface area (Å²) in [5.74, 6) is -1.27. The third-order valence-corrected chi connectivity index (χ3v) is 2.74. The lowest BCUT2D eigenvalue weighted by atomic mass is 10.2. The van der Waals surface area contributed by atoms with E-state index in [1.807, 2.05) is 0 Å². The number of halogens is 4. The molecule has 0 aromatic carbocycles. The molecule has 0 saturated heterocycles. The van der Waals surface area contributed by atoms with Crippen LogP contribution in [0.4, 0.5) is 13.2 Å². The van der Waals surface area contributed by atoms with Crippen molar-refractivity contribution in [2.75, 3.05) is 13.7 Å². The van der Waals surface area contributed by atoms with Crippen molar-refractivity contribution in [1.82, 2.24) is 4.98 Å². The third-order valence-electron chi connectivity index (χ3n) is 2.01. The van der Waals surface area contributed by atoms with Gasteiger partial charge in [-0.3, -0.25) is 4.79 Å². The molecule has 1 aromatic rings. The van der Waals surface area contributed by atoms with E-state index in [1.54, 1.807) is 29.5 Å². The highest BCUT2D eigenvalue weighted by Crippen LogP contribution is 2.35. The number of hydrogen-bond donors (Lipinski definition) is 0. The third kappa shape index (κ3) is 5.02. The highest BCUT2D eigenvalue weighted by Gasteiger charge is 2.33. The van der Waals surface area contributed by atoms with E-state index in [-0.39, 0.29) is 28.2 Å². The maximum Gasteiger partial charge on any atom is 0.573 e. The van der Waals surface area contributed by atoms with Crippen molar-refractivity contribution in [2.24, 2.45) is 0 Å². The summed E-state index contributed by atoms with van der Waals surface area (Å²) in [4.78, 5) is 15.3. The Bertz CT molecular complexity index is 493. The number of carbonyl (C=O) groups excluding carboxylic acids is 1. The van der Waals surface area contributed by atoms with Crippen LogP contribution in [0.2, 0.25) is 0 Å². The van der Waals surface area contributed by atoms with Crippen molar-refractivity contribution in [3.8, 4) is 11.5 Å². The molecule has 0 saturated carbocycles.